The van der Waals surface area contributed by atoms with E-state index in [1.807, 2.05) is 48.5 Å². The van der Waals surface area contributed by atoms with Crippen LogP contribution >= 0.6 is 14.5 Å². The predicted octanol–water partition coefficient (Wildman–Crippen LogP) is 9.47. The molecule has 3 saturated heterocycles. The molecule has 3 aromatic heterocycles. The highest BCUT2D eigenvalue weighted by Crippen LogP contribution is 2.53. The fourth-order valence-electron chi connectivity index (χ4n) is 9.21. The summed E-state index contributed by atoms with van der Waals surface area (Å²) in [6, 6.07) is 0. The molecule has 0 bridgehead atoms. The van der Waals surface area contributed by atoms with Gasteiger partial charge < -0.3 is 55.0 Å². The lowest BCUT2D eigenvalue weighted by atomic mass is 9.87. The monoisotopic (exact) mass is 1190 g/mol. The van der Waals surface area contributed by atoms with Crippen LogP contribution in [0.25, 0.3) is 0 Å². The molecule has 3 fully saturated rings. The molecular formula is C54H95N9O14P2S. The highest BCUT2D eigenvalue weighted by atomic mass is 32.5. The highest BCUT2D eigenvalue weighted by molar-refractivity contribution is 8.07. The Hall–Kier alpha value is -3.48. The average molecular weight is 1190 g/mol. The Morgan fingerprint density at radius 1 is 0.525 bits per heavy atom. The summed E-state index contributed by atoms with van der Waals surface area (Å²) >= 11 is 5.21. The zero-order valence-electron chi connectivity index (χ0n) is 51.2. The molecule has 6 rings (SSSR count). The molecule has 3 aliphatic rings. The molecule has 3 aliphatic heterocycles. The van der Waals surface area contributed by atoms with E-state index in [1.54, 1.807) is 74.0 Å². The van der Waals surface area contributed by atoms with E-state index in [0.717, 1.165) is 12.0 Å². The van der Waals surface area contributed by atoms with Crippen LogP contribution in [0.3, 0.4) is 0 Å². The number of hydrogen-bond acceptors (Lipinski definition) is 19. The summed E-state index contributed by atoms with van der Waals surface area (Å²) in [5.41, 5.74) is 16.0. The minimum atomic E-state index is -4.32. The fraction of sp³-hybridized carbons (Fsp3) is 0.778. The van der Waals surface area contributed by atoms with Gasteiger partial charge in [-0.3, -0.25) is 22.7 Å². The maximum Gasteiger partial charge on any atom is 0.473 e. The summed E-state index contributed by atoms with van der Waals surface area (Å²) in [5.74, 6) is 0.627. The third kappa shape index (κ3) is 22.3. The number of hydrogen-bond donors (Lipinski definition) is 5. The third-order valence-electron chi connectivity index (χ3n) is 12.3. The van der Waals surface area contributed by atoms with Crippen molar-refractivity contribution >= 4 is 43.8 Å². The number of aryl methyl sites for hydroxylation is 3. The number of ether oxygens (including phenoxy) is 4. The first-order valence-corrected chi connectivity index (χ1v) is 31.2. The largest absolute Gasteiger partial charge is 0.473 e. The zero-order valence-corrected chi connectivity index (χ0v) is 53.8. The second-order valence-electron chi connectivity index (χ2n) is 27.8. The molecule has 0 radical (unpaired) electrons. The Morgan fingerprint density at radius 2 is 0.812 bits per heavy atom. The van der Waals surface area contributed by atoms with Crippen molar-refractivity contribution in [3.63, 3.8) is 0 Å². The summed E-state index contributed by atoms with van der Waals surface area (Å²) in [7, 11) is -4.32. The molecule has 0 aromatic carbocycles. The summed E-state index contributed by atoms with van der Waals surface area (Å²) in [6.07, 6.45) is 4.41. The number of nitrogens with two attached hydrogens (primary N) is 3. The third-order valence-corrected chi connectivity index (χ3v) is 15.4. The second-order valence-corrected chi connectivity index (χ2v) is 31.8. The van der Waals surface area contributed by atoms with Crippen molar-refractivity contribution in [2.24, 2.45) is 16.2 Å². The molecule has 11 atom stereocenters. The van der Waals surface area contributed by atoms with Gasteiger partial charge in [0, 0.05) is 54.5 Å². The SMILES string of the molecule is Cc1cn([C@H]2C[C@@H](OC(C)(C)C)[C@@H](CC(C)(C)C)O2)c(=O)nc1N.Cc1cn([C@H]2C[C@@H](OP(=O)(O)OC(C)(C)C)[C@@H](CC(C)(C)C)O2)c(=O)nc1N.Cc1cn([C@H]2C[C@@H](OP(O)(=S)OC(C)(C)C)[C@@H](CC(C)(C)C)O2)c(=O)nc1N. The molecule has 0 spiro atoms. The lowest BCUT2D eigenvalue weighted by Crippen LogP contribution is -2.35. The number of nitrogens with zero attached hydrogens (tertiary/aromatic N) is 6. The molecule has 6 heterocycles. The van der Waals surface area contributed by atoms with E-state index in [-0.39, 0.29) is 75.9 Å². The van der Waals surface area contributed by atoms with Crippen LogP contribution in [0, 0.1) is 37.0 Å². The molecule has 23 nitrogen and oxygen atoms in total. The van der Waals surface area contributed by atoms with Gasteiger partial charge in [0.05, 0.1) is 53.4 Å². The van der Waals surface area contributed by atoms with Crippen LogP contribution in [0.2, 0.25) is 0 Å². The van der Waals surface area contributed by atoms with E-state index < -0.39 is 67.9 Å². The smallest absolute Gasteiger partial charge is 0.383 e. The predicted molar refractivity (Wildman–Crippen MR) is 313 cm³/mol. The van der Waals surface area contributed by atoms with Crippen molar-refractivity contribution in [2.45, 2.75) is 256 Å². The number of phosphoric acid groups is 1. The molecule has 8 N–H and O–H groups in total. The lowest BCUT2D eigenvalue weighted by molar-refractivity contribution is -0.102. The van der Waals surface area contributed by atoms with Crippen molar-refractivity contribution in [3.8, 4) is 0 Å². The first kappa shape index (κ1) is 69.0. The Labute approximate surface area is 478 Å². The van der Waals surface area contributed by atoms with Gasteiger partial charge in [0.2, 0.25) is 0 Å². The van der Waals surface area contributed by atoms with Gasteiger partial charge in [-0.2, -0.15) is 15.0 Å². The number of nitrogen functional groups attached to an aromatic ring is 3. The summed E-state index contributed by atoms with van der Waals surface area (Å²) in [5, 5.41) is 0. The van der Waals surface area contributed by atoms with Crippen LogP contribution in [-0.2, 0) is 53.4 Å². The Bertz CT molecular complexity index is 2720. The first-order valence-electron chi connectivity index (χ1n) is 27.1. The standard InChI is InChI=1S/C18H32N3O6P.C18H32N3O5PS.C18H31N3O3/c1-11-10-21(16(22)20-15(11)19)14-8-12(13(25-14)9-17(2,3)4)26-28(23,24)27-18(5,6)7;1-11-10-21(16(22)20-15(11)19)14-8-12(13(24-14)9-17(2,3)4)25-27(23,28)26-18(5,6)7;1-11-10-21(16(22)20-15(11)19)14-8-12(24-18(5,6)7)13(23-14)9-17(2,3)4/h10,12-14H,8-9H2,1-7H3,(H,23,24)(H2,19,20,22);10,12-14H,8-9H2,1-7H3,(H,23,28)(H2,19,20,22);10,12-14H,8-9H2,1-7H3,(H2,19,20,22)/t12-,13-,14-;12-,13-,14-,27?;12-,13-,14-/m111/s1. The van der Waals surface area contributed by atoms with E-state index >= 15 is 0 Å². The maximum absolute atomic E-state index is 12.5. The van der Waals surface area contributed by atoms with Gasteiger partial charge in [-0.1, -0.05) is 62.3 Å². The van der Waals surface area contributed by atoms with E-state index in [0.29, 0.717) is 36.8 Å². The molecule has 0 saturated carbocycles. The molecule has 0 amide bonds. The van der Waals surface area contributed by atoms with Crippen LogP contribution in [0.4, 0.5) is 17.5 Å². The lowest BCUT2D eigenvalue weighted by Gasteiger charge is -2.31. The van der Waals surface area contributed by atoms with Gasteiger partial charge in [-0.15, -0.1) is 0 Å². The summed E-state index contributed by atoms with van der Waals surface area (Å²) < 4.78 is 63.5. The molecular weight excluding hydrogens is 1090 g/mol. The molecule has 26 heteroatoms. The number of anilines is 3. The van der Waals surface area contributed by atoms with Gasteiger partial charge in [0.1, 0.15) is 36.1 Å². The number of aromatic nitrogens is 6. The quantitative estimate of drug-likeness (QED) is 0.0994. The van der Waals surface area contributed by atoms with Crippen LogP contribution in [-0.4, -0.2) is 91.9 Å². The van der Waals surface area contributed by atoms with Gasteiger partial charge >= 0.3 is 31.6 Å². The van der Waals surface area contributed by atoms with Crippen molar-refractivity contribution in [2.75, 3.05) is 17.2 Å². The summed E-state index contributed by atoms with van der Waals surface area (Å²) in [6.45, 7) is 37.3. The second kappa shape index (κ2) is 25.8. The highest BCUT2D eigenvalue weighted by Gasteiger charge is 2.46. The van der Waals surface area contributed by atoms with Gasteiger partial charge in [-0.05, 0) is 130 Å². The fourth-order valence-corrected chi connectivity index (χ4v) is 12.8. The van der Waals surface area contributed by atoms with Crippen molar-refractivity contribution < 1.29 is 51.4 Å². The Morgan fingerprint density at radius 3 is 1.10 bits per heavy atom. The minimum Gasteiger partial charge on any atom is -0.383 e. The van der Waals surface area contributed by atoms with Gasteiger partial charge in [0.15, 0.2) is 0 Å². The minimum absolute atomic E-state index is 0.0513. The van der Waals surface area contributed by atoms with Crippen LogP contribution in [0.15, 0.2) is 33.0 Å². The molecule has 456 valence electrons. The molecule has 2 unspecified atom stereocenters. The summed E-state index contributed by atoms with van der Waals surface area (Å²) in [4.78, 5) is 69.0. The maximum atomic E-state index is 12.5. The number of phosphoric ester groups is 1. The molecule has 80 heavy (non-hydrogen) atoms. The zero-order chi connectivity index (χ0) is 61.3. The topological polar surface area (TPSA) is 314 Å². The van der Waals surface area contributed by atoms with Crippen LogP contribution in [0.5, 0.6) is 0 Å². The van der Waals surface area contributed by atoms with Gasteiger partial charge in [0.25, 0.3) is 0 Å². The molecule has 0 aliphatic carbocycles. The van der Waals surface area contributed by atoms with Crippen LogP contribution < -0.4 is 34.3 Å². The first-order chi connectivity index (χ1) is 36.0. The van der Waals surface area contributed by atoms with Gasteiger partial charge in [-0.25, -0.2) is 18.9 Å². The van der Waals surface area contributed by atoms with Crippen molar-refractivity contribution in [3.05, 3.63) is 66.7 Å². The Balaban J connectivity index is 0.000000259. The van der Waals surface area contributed by atoms with E-state index in [4.69, 9.17) is 66.1 Å². The average Bonchev–Trinajstić information content (AvgIpc) is 3.90. The number of rotatable bonds is 13. The van der Waals surface area contributed by atoms with E-state index in [9.17, 15) is 28.7 Å². The van der Waals surface area contributed by atoms with E-state index in [1.165, 1.54) is 13.7 Å². The van der Waals surface area contributed by atoms with Crippen molar-refractivity contribution in [1.29, 1.82) is 0 Å². The van der Waals surface area contributed by atoms with E-state index in [2.05, 4.69) is 56.5 Å². The van der Waals surface area contributed by atoms with Crippen molar-refractivity contribution in [1.82, 2.24) is 28.7 Å². The van der Waals surface area contributed by atoms with Crippen LogP contribution in [0.1, 0.15) is 199 Å². The normalized spacial score (nSPS) is 25.5. The Kier molecular flexibility index (Phi) is 22.2. The molecule has 3 aromatic rings.